The minimum absolute atomic E-state index is 0.0127. The van der Waals surface area contributed by atoms with Crippen LogP contribution < -0.4 is 15.4 Å². The first kappa shape index (κ1) is 15.2. The molecule has 0 unspecified atom stereocenters. The molecule has 0 bridgehead atoms. The highest BCUT2D eigenvalue weighted by Gasteiger charge is 2.18. The first-order valence-electron chi connectivity index (χ1n) is 6.39. The first-order valence-corrected chi connectivity index (χ1v) is 6.39. The van der Waals surface area contributed by atoms with Crippen molar-refractivity contribution < 1.29 is 9.66 Å². The van der Waals surface area contributed by atoms with Gasteiger partial charge in [0, 0.05) is 37.5 Å². The van der Waals surface area contributed by atoms with Gasteiger partial charge in [0.05, 0.1) is 11.0 Å². The summed E-state index contributed by atoms with van der Waals surface area (Å²) in [6.45, 7) is 7.72. The highest BCUT2D eigenvalue weighted by Crippen LogP contribution is 2.32. The van der Waals surface area contributed by atoms with Gasteiger partial charge in [-0.1, -0.05) is 0 Å². The highest BCUT2D eigenvalue weighted by atomic mass is 16.6. The van der Waals surface area contributed by atoms with Crippen molar-refractivity contribution in [2.45, 2.75) is 26.9 Å². The van der Waals surface area contributed by atoms with E-state index < -0.39 is 4.92 Å². The van der Waals surface area contributed by atoms with Gasteiger partial charge in [-0.05, 0) is 26.8 Å². The van der Waals surface area contributed by atoms with E-state index >= 15 is 0 Å². The summed E-state index contributed by atoms with van der Waals surface area (Å²) in [6, 6.07) is 4.91. The lowest BCUT2D eigenvalue weighted by Crippen LogP contribution is -2.29. The normalized spacial score (nSPS) is 10.6. The van der Waals surface area contributed by atoms with Crippen LogP contribution in [-0.2, 0) is 0 Å². The maximum absolute atomic E-state index is 11.0. The molecule has 0 aromatic heterocycles. The van der Waals surface area contributed by atoms with E-state index in [4.69, 9.17) is 10.5 Å². The van der Waals surface area contributed by atoms with Crippen molar-refractivity contribution in [3.05, 3.63) is 28.3 Å². The van der Waals surface area contributed by atoms with Crippen LogP contribution in [0, 0.1) is 10.1 Å². The molecule has 0 aliphatic heterocycles. The Morgan fingerprint density at radius 3 is 2.63 bits per heavy atom. The topological polar surface area (TPSA) is 81.6 Å². The van der Waals surface area contributed by atoms with Gasteiger partial charge in [0.2, 0.25) is 0 Å². The fraction of sp³-hybridized carbons (Fsp3) is 0.538. The molecule has 0 atom stereocenters. The van der Waals surface area contributed by atoms with Gasteiger partial charge in [-0.15, -0.1) is 0 Å². The van der Waals surface area contributed by atoms with Gasteiger partial charge in [-0.2, -0.15) is 0 Å². The molecule has 2 N–H and O–H groups in total. The zero-order chi connectivity index (χ0) is 14.4. The standard InChI is InChI=1S/C13H21N3O3/c1-4-15(8-7-14)11-5-6-12(16(17)18)13(9-11)19-10(2)3/h5-6,9-10H,4,7-8,14H2,1-3H3. The largest absolute Gasteiger partial charge is 0.484 e. The Balaban J connectivity index is 3.12. The summed E-state index contributed by atoms with van der Waals surface area (Å²) < 4.78 is 5.52. The average molecular weight is 267 g/mol. The summed E-state index contributed by atoms with van der Waals surface area (Å²) in [7, 11) is 0. The summed E-state index contributed by atoms with van der Waals surface area (Å²) in [5, 5.41) is 11.0. The lowest BCUT2D eigenvalue weighted by molar-refractivity contribution is -0.386. The predicted molar refractivity (Wildman–Crippen MR) is 75.8 cm³/mol. The quantitative estimate of drug-likeness (QED) is 0.604. The van der Waals surface area contributed by atoms with Crippen LogP contribution in [0.5, 0.6) is 5.75 Å². The smallest absolute Gasteiger partial charge is 0.311 e. The molecule has 0 aliphatic carbocycles. The number of ether oxygens (including phenoxy) is 1. The predicted octanol–water partition coefficient (Wildman–Crippen LogP) is 2.17. The van der Waals surface area contributed by atoms with Crippen LogP contribution in [0.1, 0.15) is 20.8 Å². The molecular weight excluding hydrogens is 246 g/mol. The Morgan fingerprint density at radius 1 is 1.47 bits per heavy atom. The third-order valence-corrected chi connectivity index (χ3v) is 2.65. The lowest BCUT2D eigenvalue weighted by Gasteiger charge is -2.23. The summed E-state index contributed by atoms with van der Waals surface area (Å²) in [5.74, 6) is 0.299. The van der Waals surface area contributed by atoms with Gasteiger partial charge < -0.3 is 15.4 Å². The van der Waals surface area contributed by atoms with Crippen molar-refractivity contribution in [3.8, 4) is 5.75 Å². The van der Waals surface area contributed by atoms with E-state index in [2.05, 4.69) is 4.90 Å². The molecule has 0 aliphatic rings. The van der Waals surface area contributed by atoms with Gasteiger partial charge in [0.25, 0.3) is 0 Å². The zero-order valence-corrected chi connectivity index (χ0v) is 11.6. The molecule has 0 saturated heterocycles. The Hall–Kier alpha value is -1.82. The van der Waals surface area contributed by atoms with Gasteiger partial charge in [-0.3, -0.25) is 10.1 Å². The number of benzene rings is 1. The fourth-order valence-corrected chi connectivity index (χ4v) is 1.82. The summed E-state index contributed by atoms with van der Waals surface area (Å²) in [6.07, 6.45) is -0.112. The van der Waals surface area contributed by atoms with Crippen molar-refractivity contribution in [1.29, 1.82) is 0 Å². The van der Waals surface area contributed by atoms with Crippen LogP contribution in [0.4, 0.5) is 11.4 Å². The molecule has 19 heavy (non-hydrogen) atoms. The Labute approximate surface area is 113 Å². The Bertz CT molecular complexity index is 435. The minimum atomic E-state index is -0.430. The second-order valence-corrected chi connectivity index (χ2v) is 4.44. The molecule has 1 aromatic carbocycles. The van der Waals surface area contributed by atoms with Crippen LogP contribution in [0.3, 0.4) is 0 Å². The second-order valence-electron chi connectivity index (χ2n) is 4.44. The summed E-state index contributed by atoms with van der Waals surface area (Å²) in [5.41, 5.74) is 6.43. The molecule has 0 heterocycles. The number of nitro benzene ring substituents is 1. The van der Waals surface area contributed by atoms with E-state index in [1.54, 1.807) is 12.1 Å². The maximum Gasteiger partial charge on any atom is 0.311 e. The van der Waals surface area contributed by atoms with Crippen molar-refractivity contribution in [1.82, 2.24) is 0 Å². The van der Waals surface area contributed by atoms with Crippen LogP contribution in [0.15, 0.2) is 18.2 Å². The molecule has 0 saturated carbocycles. The number of nitrogens with zero attached hydrogens (tertiary/aromatic N) is 2. The number of hydrogen-bond acceptors (Lipinski definition) is 5. The van der Waals surface area contributed by atoms with Crippen molar-refractivity contribution in [2.24, 2.45) is 5.73 Å². The van der Waals surface area contributed by atoms with E-state index in [0.717, 1.165) is 12.2 Å². The Kier molecular flexibility index (Phi) is 5.57. The maximum atomic E-state index is 11.0. The average Bonchev–Trinajstić information content (AvgIpc) is 2.34. The number of hydrogen-bond donors (Lipinski definition) is 1. The van der Waals surface area contributed by atoms with Gasteiger partial charge >= 0.3 is 5.69 Å². The zero-order valence-electron chi connectivity index (χ0n) is 11.6. The van der Waals surface area contributed by atoms with Crippen molar-refractivity contribution >= 4 is 11.4 Å². The van der Waals surface area contributed by atoms with E-state index in [1.165, 1.54) is 6.07 Å². The third-order valence-electron chi connectivity index (χ3n) is 2.65. The van der Waals surface area contributed by atoms with Crippen molar-refractivity contribution in [2.75, 3.05) is 24.5 Å². The molecule has 106 valence electrons. The third kappa shape index (κ3) is 4.10. The molecule has 6 heteroatoms. The number of likely N-dealkylation sites (N-methyl/N-ethyl adjacent to an activating group) is 1. The van der Waals surface area contributed by atoms with Crippen LogP contribution in [0.25, 0.3) is 0 Å². The van der Waals surface area contributed by atoms with Gasteiger partial charge in [-0.25, -0.2) is 0 Å². The van der Waals surface area contributed by atoms with Gasteiger partial charge in [0.1, 0.15) is 0 Å². The van der Waals surface area contributed by atoms with E-state index in [1.807, 2.05) is 20.8 Å². The lowest BCUT2D eigenvalue weighted by atomic mass is 10.2. The molecule has 6 nitrogen and oxygen atoms in total. The molecule has 0 fully saturated rings. The van der Waals surface area contributed by atoms with Crippen molar-refractivity contribution in [3.63, 3.8) is 0 Å². The first-order chi connectivity index (χ1) is 8.99. The second kappa shape index (κ2) is 6.94. The van der Waals surface area contributed by atoms with E-state index in [-0.39, 0.29) is 11.8 Å². The SMILES string of the molecule is CCN(CCN)c1ccc([N+](=O)[O-])c(OC(C)C)c1. The van der Waals surface area contributed by atoms with E-state index in [0.29, 0.717) is 18.8 Å². The molecule has 1 rings (SSSR count). The minimum Gasteiger partial charge on any atom is -0.484 e. The summed E-state index contributed by atoms with van der Waals surface area (Å²) >= 11 is 0. The number of nitrogens with two attached hydrogens (primary N) is 1. The Morgan fingerprint density at radius 2 is 2.16 bits per heavy atom. The number of anilines is 1. The monoisotopic (exact) mass is 267 g/mol. The molecule has 1 aromatic rings. The molecule has 0 spiro atoms. The van der Waals surface area contributed by atoms with Crippen LogP contribution in [0.2, 0.25) is 0 Å². The fourth-order valence-electron chi connectivity index (χ4n) is 1.82. The van der Waals surface area contributed by atoms with Crippen LogP contribution in [-0.4, -0.2) is 30.7 Å². The molecule has 0 amide bonds. The number of nitro groups is 1. The molecule has 0 radical (unpaired) electrons. The van der Waals surface area contributed by atoms with Gasteiger partial charge in [0.15, 0.2) is 5.75 Å². The van der Waals surface area contributed by atoms with Crippen LogP contribution >= 0.6 is 0 Å². The number of rotatable bonds is 7. The molecular formula is C13H21N3O3. The summed E-state index contributed by atoms with van der Waals surface area (Å²) in [4.78, 5) is 12.6. The van der Waals surface area contributed by atoms with E-state index in [9.17, 15) is 10.1 Å². The highest BCUT2D eigenvalue weighted by molar-refractivity contribution is 5.59.